The van der Waals surface area contributed by atoms with Crippen molar-refractivity contribution in [2.24, 2.45) is 0 Å². The molecule has 0 spiro atoms. The number of aliphatic hydroxyl groups excluding tert-OH is 1. The molecule has 3 atom stereocenters. The first kappa shape index (κ1) is 70.4. The Hall–Kier alpha value is -2.58. The fourth-order valence-electron chi connectivity index (χ4n) is 8.36. The normalized spacial score (nSPS) is 14.6. The summed E-state index contributed by atoms with van der Waals surface area (Å²) in [4.78, 5) is 23.2. The maximum absolute atomic E-state index is 12.9. The minimum absolute atomic E-state index is 0.0545. The molecular formula is C64H116N2O6P+. The molecule has 0 aliphatic heterocycles. The lowest BCUT2D eigenvalue weighted by molar-refractivity contribution is -0.870. The maximum Gasteiger partial charge on any atom is 0.472 e. The Morgan fingerprint density at radius 1 is 0.479 bits per heavy atom. The Kier molecular flexibility index (Phi) is 52.3. The highest BCUT2D eigenvalue weighted by Gasteiger charge is 2.27. The van der Waals surface area contributed by atoms with Crippen molar-refractivity contribution in [3.05, 3.63) is 97.2 Å². The fourth-order valence-corrected chi connectivity index (χ4v) is 9.09. The molecule has 0 aliphatic carbocycles. The molecular weight excluding hydrogens is 924 g/mol. The molecule has 73 heavy (non-hydrogen) atoms. The molecule has 9 heteroatoms. The van der Waals surface area contributed by atoms with E-state index in [-0.39, 0.29) is 19.1 Å². The van der Waals surface area contributed by atoms with E-state index in [4.69, 9.17) is 9.05 Å². The van der Waals surface area contributed by atoms with E-state index in [1.165, 1.54) is 154 Å². The third-order valence-electron chi connectivity index (χ3n) is 13.0. The van der Waals surface area contributed by atoms with Gasteiger partial charge in [-0.2, -0.15) is 0 Å². The second-order valence-electron chi connectivity index (χ2n) is 21.3. The zero-order valence-corrected chi connectivity index (χ0v) is 49.0. The first-order valence-electron chi connectivity index (χ1n) is 30.1. The summed E-state index contributed by atoms with van der Waals surface area (Å²) >= 11 is 0. The van der Waals surface area contributed by atoms with Crippen molar-refractivity contribution in [1.29, 1.82) is 0 Å². The summed E-state index contributed by atoms with van der Waals surface area (Å²) < 4.78 is 23.6. The van der Waals surface area contributed by atoms with E-state index < -0.39 is 20.0 Å². The first-order chi connectivity index (χ1) is 35.5. The number of carbonyl (C=O) groups is 1. The number of aliphatic hydroxyl groups is 1. The molecule has 0 rings (SSSR count). The van der Waals surface area contributed by atoms with Gasteiger partial charge in [-0.25, -0.2) is 4.57 Å². The molecule has 0 saturated heterocycles. The largest absolute Gasteiger partial charge is 0.472 e. The third kappa shape index (κ3) is 57.0. The van der Waals surface area contributed by atoms with Crippen molar-refractivity contribution in [2.75, 3.05) is 40.9 Å². The minimum atomic E-state index is -4.35. The van der Waals surface area contributed by atoms with Gasteiger partial charge in [0.15, 0.2) is 0 Å². The summed E-state index contributed by atoms with van der Waals surface area (Å²) in [5, 5.41) is 13.8. The molecule has 0 aromatic heterocycles. The van der Waals surface area contributed by atoms with Crippen LogP contribution < -0.4 is 5.32 Å². The van der Waals surface area contributed by atoms with Crippen LogP contribution in [0.15, 0.2) is 97.2 Å². The van der Waals surface area contributed by atoms with Crippen molar-refractivity contribution in [3.63, 3.8) is 0 Å². The average molecular weight is 1040 g/mol. The van der Waals surface area contributed by atoms with E-state index in [1.807, 2.05) is 27.2 Å². The SMILES string of the molecule is CC/C=C\C/C=C\C/C=C\C/C=C\C/C=C\C/C=C\CCCCCCCCCCCCCCCCCCCCCCCCC(=O)NC(COP(=O)(O)OCC[N+](C)(C)C)C(O)/C=C/CC/C=C/CCCCCC. The molecule has 3 unspecified atom stereocenters. The average Bonchev–Trinajstić information content (AvgIpc) is 3.35. The van der Waals surface area contributed by atoms with Crippen LogP contribution in [0.5, 0.6) is 0 Å². The first-order valence-corrected chi connectivity index (χ1v) is 31.6. The van der Waals surface area contributed by atoms with Gasteiger partial charge in [0.1, 0.15) is 13.2 Å². The molecule has 422 valence electrons. The van der Waals surface area contributed by atoms with Gasteiger partial charge in [0.25, 0.3) is 0 Å². The summed E-state index contributed by atoms with van der Waals surface area (Å²) in [6.07, 6.45) is 78.4. The number of phosphoric ester groups is 1. The Morgan fingerprint density at radius 3 is 1.26 bits per heavy atom. The number of rotatable bonds is 54. The standard InChI is InChI=1S/C64H115N2O6P/c1-6-8-10-12-14-16-18-19-20-21-22-23-24-25-26-27-28-29-30-31-32-33-34-35-36-37-38-39-40-41-42-43-44-45-46-47-48-50-52-54-56-58-64(68)65-62(61-72-73(69,70)71-60-59-66(3,4)5)63(67)57-55-53-51-49-17-15-13-11-9-7-2/h8,10,14,16-17,19-20,22-23,25-26,28-29,49,55,57,62-63,67H,6-7,9,11-13,15,18,21,24,27,30-48,50-54,56,58-61H2,1-5H3,(H-,65,68,69,70)/p+1/b10-8-,16-14-,20-19-,23-22-,26-25-,29-28-,49-17+,57-55+. The second-order valence-corrected chi connectivity index (χ2v) is 22.8. The van der Waals surface area contributed by atoms with Crippen LogP contribution in [0.4, 0.5) is 0 Å². The Balaban J connectivity index is 3.86. The monoisotopic (exact) mass is 1040 g/mol. The van der Waals surface area contributed by atoms with Crippen molar-refractivity contribution in [3.8, 4) is 0 Å². The van der Waals surface area contributed by atoms with E-state index >= 15 is 0 Å². The van der Waals surface area contributed by atoms with Crippen LogP contribution in [-0.2, 0) is 18.4 Å². The second kappa shape index (κ2) is 54.2. The summed E-state index contributed by atoms with van der Waals surface area (Å²) in [5.74, 6) is -0.188. The van der Waals surface area contributed by atoms with Gasteiger partial charge in [0.2, 0.25) is 5.91 Å². The van der Waals surface area contributed by atoms with Gasteiger partial charge in [0, 0.05) is 6.42 Å². The molecule has 0 heterocycles. The van der Waals surface area contributed by atoms with E-state index in [1.54, 1.807) is 6.08 Å². The van der Waals surface area contributed by atoms with Crippen molar-refractivity contribution in [2.45, 2.75) is 264 Å². The Labute approximate surface area is 451 Å². The van der Waals surface area contributed by atoms with Crippen LogP contribution in [0.2, 0.25) is 0 Å². The predicted octanol–water partition coefficient (Wildman–Crippen LogP) is 18.6. The summed E-state index contributed by atoms with van der Waals surface area (Å²) in [6.45, 7) is 4.64. The highest BCUT2D eigenvalue weighted by Crippen LogP contribution is 2.43. The lowest BCUT2D eigenvalue weighted by atomic mass is 10.0. The number of carbonyl (C=O) groups excluding carboxylic acids is 1. The summed E-state index contributed by atoms with van der Waals surface area (Å²) in [6, 6.07) is -0.863. The molecule has 0 aliphatic rings. The highest BCUT2D eigenvalue weighted by molar-refractivity contribution is 7.47. The van der Waals surface area contributed by atoms with E-state index in [2.05, 4.69) is 104 Å². The van der Waals surface area contributed by atoms with Gasteiger partial charge in [-0.05, 0) is 83.5 Å². The number of amides is 1. The Morgan fingerprint density at radius 2 is 0.836 bits per heavy atom. The topological polar surface area (TPSA) is 105 Å². The molecule has 3 N–H and O–H groups in total. The minimum Gasteiger partial charge on any atom is -0.387 e. The third-order valence-corrected chi connectivity index (χ3v) is 14.0. The summed E-state index contributed by atoms with van der Waals surface area (Å²) in [5.41, 5.74) is 0. The lowest BCUT2D eigenvalue weighted by Crippen LogP contribution is -2.45. The van der Waals surface area contributed by atoms with Crippen molar-refractivity contribution < 1.29 is 32.9 Å². The molecule has 0 aromatic carbocycles. The number of nitrogens with zero attached hydrogens (tertiary/aromatic N) is 1. The zero-order chi connectivity index (χ0) is 53.5. The molecule has 0 aromatic rings. The molecule has 0 fully saturated rings. The number of phosphoric acid groups is 1. The van der Waals surface area contributed by atoms with Gasteiger partial charge in [-0.3, -0.25) is 13.8 Å². The molecule has 0 radical (unpaired) electrons. The van der Waals surface area contributed by atoms with Gasteiger partial charge in [-0.15, -0.1) is 0 Å². The van der Waals surface area contributed by atoms with E-state index in [0.29, 0.717) is 17.4 Å². The van der Waals surface area contributed by atoms with Crippen LogP contribution in [0.3, 0.4) is 0 Å². The lowest BCUT2D eigenvalue weighted by Gasteiger charge is -2.25. The highest BCUT2D eigenvalue weighted by atomic mass is 31.2. The number of allylic oxidation sites excluding steroid dienone is 15. The van der Waals surface area contributed by atoms with Gasteiger partial charge in [0.05, 0.1) is 39.9 Å². The quantitative estimate of drug-likeness (QED) is 0.0243. The molecule has 8 nitrogen and oxygen atoms in total. The van der Waals surface area contributed by atoms with Crippen LogP contribution in [0, 0.1) is 0 Å². The van der Waals surface area contributed by atoms with Gasteiger partial charge in [-0.1, -0.05) is 259 Å². The van der Waals surface area contributed by atoms with Crippen LogP contribution in [-0.4, -0.2) is 73.4 Å². The summed E-state index contributed by atoms with van der Waals surface area (Å²) in [7, 11) is 1.55. The van der Waals surface area contributed by atoms with Crippen LogP contribution in [0.25, 0.3) is 0 Å². The number of nitrogens with one attached hydrogen (secondary N) is 1. The smallest absolute Gasteiger partial charge is 0.387 e. The Bertz CT molecular complexity index is 1510. The van der Waals surface area contributed by atoms with E-state index in [0.717, 1.165) is 77.0 Å². The number of likely N-dealkylation sites (N-methyl/N-ethyl adjacent to an activating group) is 1. The van der Waals surface area contributed by atoms with Crippen LogP contribution >= 0.6 is 7.82 Å². The number of quaternary nitrogens is 1. The molecule has 0 bridgehead atoms. The van der Waals surface area contributed by atoms with Crippen molar-refractivity contribution >= 4 is 13.7 Å². The maximum atomic E-state index is 12.9. The van der Waals surface area contributed by atoms with Crippen molar-refractivity contribution in [1.82, 2.24) is 5.32 Å². The van der Waals surface area contributed by atoms with E-state index in [9.17, 15) is 19.4 Å². The zero-order valence-electron chi connectivity index (χ0n) is 48.1. The fraction of sp³-hybridized carbons (Fsp3) is 0.734. The number of hydrogen-bond donors (Lipinski definition) is 3. The number of unbranched alkanes of at least 4 members (excludes halogenated alkanes) is 27. The van der Waals surface area contributed by atoms with Gasteiger partial charge >= 0.3 is 7.82 Å². The van der Waals surface area contributed by atoms with Crippen LogP contribution in [0.1, 0.15) is 251 Å². The van der Waals surface area contributed by atoms with Gasteiger partial charge < -0.3 is 19.8 Å². The number of hydrogen-bond acceptors (Lipinski definition) is 5. The predicted molar refractivity (Wildman–Crippen MR) is 318 cm³/mol. The molecule has 1 amide bonds. The molecule has 0 saturated carbocycles.